The van der Waals surface area contributed by atoms with Crippen LogP contribution < -0.4 is 5.73 Å². The van der Waals surface area contributed by atoms with E-state index in [0.29, 0.717) is 0 Å². The molecule has 0 aliphatic heterocycles. The molecule has 0 aromatic rings. The van der Waals surface area contributed by atoms with Crippen LogP contribution >= 0.6 is 0 Å². The second kappa shape index (κ2) is 3.15. The van der Waals surface area contributed by atoms with E-state index in [9.17, 15) is 18.0 Å². The van der Waals surface area contributed by atoms with Crippen molar-refractivity contribution in [3.63, 3.8) is 0 Å². The van der Waals surface area contributed by atoms with Gasteiger partial charge in [-0.1, -0.05) is 24.3 Å². The first-order valence-electron chi connectivity index (χ1n) is 4.01. The first-order valence-corrected chi connectivity index (χ1v) is 4.01. The number of hydrogen-bond donors (Lipinski definition) is 1. The quantitative estimate of drug-likeness (QED) is 0.696. The van der Waals surface area contributed by atoms with E-state index in [4.69, 9.17) is 5.73 Å². The molecule has 5 heteroatoms. The molecule has 0 spiro atoms. The average molecular weight is 205 g/mol. The zero-order valence-electron chi connectivity index (χ0n) is 7.51. The predicted molar refractivity (Wildman–Crippen MR) is 45.1 cm³/mol. The smallest absolute Gasteiger partial charge is 0.369 e. The lowest BCUT2D eigenvalue weighted by Gasteiger charge is -2.33. The fourth-order valence-electron chi connectivity index (χ4n) is 1.42. The largest absolute Gasteiger partial charge is 0.396 e. The minimum Gasteiger partial charge on any atom is -0.369 e. The lowest BCUT2D eigenvalue weighted by Crippen LogP contribution is -2.45. The van der Waals surface area contributed by atoms with Crippen LogP contribution in [0.4, 0.5) is 13.2 Å². The molecule has 0 bridgehead atoms. The van der Waals surface area contributed by atoms with Crippen molar-refractivity contribution in [2.45, 2.75) is 13.1 Å². The Morgan fingerprint density at radius 1 is 1.43 bits per heavy atom. The number of rotatable bonds is 1. The fourth-order valence-corrected chi connectivity index (χ4v) is 1.42. The van der Waals surface area contributed by atoms with Crippen molar-refractivity contribution >= 4 is 5.91 Å². The normalized spacial score (nSPS) is 31.9. The number of alkyl halides is 3. The van der Waals surface area contributed by atoms with Crippen LogP contribution in [0, 0.1) is 11.3 Å². The molecule has 1 aliphatic carbocycles. The summed E-state index contributed by atoms with van der Waals surface area (Å²) in [5.74, 6) is -2.81. The number of amides is 1. The molecular weight excluding hydrogens is 195 g/mol. The van der Waals surface area contributed by atoms with Crippen molar-refractivity contribution in [3.05, 3.63) is 24.3 Å². The number of carbonyl (C=O) groups is 1. The van der Waals surface area contributed by atoms with Gasteiger partial charge in [0.25, 0.3) is 0 Å². The molecule has 1 aliphatic rings. The van der Waals surface area contributed by atoms with Crippen LogP contribution in [0.3, 0.4) is 0 Å². The van der Waals surface area contributed by atoms with Gasteiger partial charge < -0.3 is 5.73 Å². The highest BCUT2D eigenvalue weighted by molar-refractivity contribution is 5.83. The SMILES string of the molecule is CC1(C(N)=O)C=CC=CC1C(F)(F)F. The number of primary amides is 1. The van der Waals surface area contributed by atoms with Gasteiger partial charge in [-0.2, -0.15) is 13.2 Å². The highest BCUT2D eigenvalue weighted by Gasteiger charge is 2.52. The van der Waals surface area contributed by atoms with Gasteiger partial charge in [0, 0.05) is 0 Å². The van der Waals surface area contributed by atoms with E-state index >= 15 is 0 Å². The molecule has 0 heterocycles. The van der Waals surface area contributed by atoms with Crippen molar-refractivity contribution < 1.29 is 18.0 Å². The minimum atomic E-state index is -4.45. The maximum Gasteiger partial charge on any atom is 0.396 e. The Balaban J connectivity index is 3.11. The van der Waals surface area contributed by atoms with Gasteiger partial charge in [0.15, 0.2) is 0 Å². The molecule has 0 saturated carbocycles. The fraction of sp³-hybridized carbons (Fsp3) is 0.444. The van der Waals surface area contributed by atoms with E-state index in [1.165, 1.54) is 25.2 Å². The third kappa shape index (κ3) is 1.66. The number of halogens is 3. The standard InChI is InChI=1S/C9H10F3NO/c1-8(7(13)14)5-3-2-4-6(8)9(10,11)12/h2-6H,1H3,(H2,13,14). The Bertz CT molecular complexity index is 306. The number of carbonyl (C=O) groups excluding carboxylic acids is 1. The van der Waals surface area contributed by atoms with E-state index in [-0.39, 0.29) is 0 Å². The summed E-state index contributed by atoms with van der Waals surface area (Å²) >= 11 is 0. The van der Waals surface area contributed by atoms with Crippen LogP contribution in [0.1, 0.15) is 6.92 Å². The summed E-state index contributed by atoms with van der Waals surface area (Å²) in [4.78, 5) is 11.0. The second-order valence-electron chi connectivity index (χ2n) is 3.41. The first-order chi connectivity index (χ1) is 6.28. The maximum absolute atomic E-state index is 12.5. The van der Waals surface area contributed by atoms with E-state index in [0.717, 1.165) is 6.08 Å². The summed E-state index contributed by atoms with van der Waals surface area (Å²) in [7, 11) is 0. The molecule has 2 nitrogen and oxygen atoms in total. The van der Waals surface area contributed by atoms with Gasteiger partial charge in [-0.3, -0.25) is 4.79 Å². The van der Waals surface area contributed by atoms with Crippen molar-refractivity contribution in [1.82, 2.24) is 0 Å². The lowest BCUT2D eigenvalue weighted by molar-refractivity contribution is -0.186. The van der Waals surface area contributed by atoms with Gasteiger partial charge >= 0.3 is 6.18 Å². The van der Waals surface area contributed by atoms with Crippen LogP contribution in [0.5, 0.6) is 0 Å². The molecule has 78 valence electrons. The molecular formula is C9H10F3NO. The van der Waals surface area contributed by atoms with Crippen LogP contribution in [0.15, 0.2) is 24.3 Å². The summed E-state index contributed by atoms with van der Waals surface area (Å²) in [5, 5.41) is 0. The zero-order valence-corrected chi connectivity index (χ0v) is 7.51. The van der Waals surface area contributed by atoms with E-state index in [2.05, 4.69) is 0 Å². The van der Waals surface area contributed by atoms with Crippen LogP contribution in [0.25, 0.3) is 0 Å². The van der Waals surface area contributed by atoms with E-state index in [1.807, 2.05) is 0 Å². The van der Waals surface area contributed by atoms with Crippen molar-refractivity contribution in [1.29, 1.82) is 0 Å². The molecule has 0 aromatic carbocycles. The molecule has 0 saturated heterocycles. The van der Waals surface area contributed by atoms with Crippen molar-refractivity contribution in [2.75, 3.05) is 0 Å². The van der Waals surface area contributed by atoms with Crippen LogP contribution in [-0.2, 0) is 4.79 Å². The zero-order chi connectivity index (χ0) is 11.0. The molecule has 14 heavy (non-hydrogen) atoms. The third-order valence-electron chi connectivity index (χ3n) is 2.39. The highest BCUT2D eigenvalue weighted by atomic mass is 19.4. The van der Waals surface area contributed by atoms with Gasteiger partial charge in [0.05, 0.1) is 11.3 Å². The molecule has 2 atom stereocenters. The first kappa shape index (κ1) is 10.8. The van der Waals surface area contributed by atoms with E-state index in [1.54, 1.807) is 0 Å². The Hall–Kier alpha value is -1.26. The predicted octanol–water partition coefficient (Wildman–Crippen LogP) is 1.78. The summed E-state index contributed by atoms with van der Waals surface area (Å²) in [6.07, 6.45) is 0.346. The van der Waals surface area contributed by atoms with Gasteiger partial charge in [-0.15, -0.1) is 0 Å². The third-order valence-corrected chi connectivity index (χ3v) is 2.39. The molecule has 0 aromatic heterocycles. The minimum absolute atomic E-state index is 0.949. The topological polar surface area (TPSA) is 43.1 Å². The molecule has 2 unspecified atom stereocenters. The number of nitrogens with two attached hydrogens (primary N) is 1. The molecule has 1 rings (SSSR count). The Kier molecular flexibility index (Phi) is 2.43. The molecule has 1 amide bonds. The number of allylic oxidation sites excluding steroid dienone is 3. The van der Waals surface area contributed by atoms with E-state index < -0.39 is 23.4 Å². The second-order valence-corrected chi connectivity index (χ2v) is 3.41. The average Bonchev–Trinajstić information content (AvgIpc) is 2.02. The van der Waals surface area contributed by atoms with Gasteiger partial charge in [0.1, 0.15) is 0 Å². The highest BCUT2D eigenvalue weighted by Crippen LogP contribution is 2.43. The Morgan fingerprint density at radius 3 is 2.36 bits per heavy atom. The van der Waals surface area contributed by atoms with Crippen molar-refractivity contribution in [3.8, 4) is 0 Å². The Morgan fingerprint density at radius 2 is 2.00 bits per heavy atom. The van der Waals surface area contributed by atoms with Crippen LogP contribution in [0.2, 0.25) is 0 Å². The summed E-state index contributed by atoms with van der Waals surface area (Å²) < 4.78 is 37.5. The molecule has 0 radical (unpaired) electrons. The van der Waals surface area contributed by atoms with Gasteiger partial charge in [-0.05, 0) is 6.92 Å². The van der Waals surface area contributed by atoms with Gasteiger partial charge in [-0.25, -0.2) is 0 Å². The van der Waals surface area contributed by atoms with Gasteiger partial charge in [0.2, 0.25) is 5.91 Å². The summed E-state index contributed by atoms with van der Waals surface area (Å²) in [6.45, 7) is 1.19. The van der Waals surface area contributed by atoms with Crippen molar-refractivity contribution in [2.24, 2.45) is 17.1 Å². The Labute approximate surface area is 79.3 Å². The lowest BCUT2D eigenvalue weighted by atomic mass is 9.73. The summed E-state index contributed by atoms with van der Waals surface area (Å²) in [5.41, 5.74) is 3.29. The molecule has 0 fully saturated rings. The number of hydrogen-bond acceptors (Lipinski definition) is 1. The monoisotopic (exact) mass is 205 g/mol. The summed E-state index contributed by atoms with van der Waals surface area (Å²) in [6, 6.07) is 0. The maximum atomic E-state index is 12.5. The van der Waals surface area contributed by atoms with Crippen LogP contribution in [-0.4, -0.2) is 12.1 Å². The molecule has 2 N–H and O–H groups in total.